The smallest absolute Gasteiger partial charge is 0.412 e. The molecule has 2 N–H and O–H groups in total. The van der Waals surface area contributed by atoms with Gasteiger partial charge in [0.25, 0.3) is 0 Å². The van der Waals surface area contributed by atoms with E-state index < -0.39 is 12.2 Å². The lowest BCUT2D eigenvalue weighted by Crippen LogP contribution is -2.38. The Hall–Kier alpha value is -3.01. The number of amides is 1. The highest BCUT2D eigenvalue weighted by Crippen LogP contribution is 2.31. The largest absolute Gasteiger partial charge is 0.441 e. The van der Waals surface area contributed by atoms with Crippen molar-refractivity contribution in [3.8, 4) is 11.3 Å². The number of carbonyl (C=O) groups is 1. The normalized spacial score (nSPS) is 24.9. The Morgan fingerprint density at radius 1 is 1.10 bits per heavy atom. The van der Waals surface area contributed by atoms with Gasteiger partial charge in [0.05, 0.1) is 30.6 Å². The lowest BCUT2D eigenvalue weighted by atomic mass is 10.1. The zero-order valence-electron chi connectivity index (χ0n) is 15.9. The minimum Gasteiger partial charge on any atom is -0.441 e. The third-order valence-electron chi connectivity index (χ3n) is 5.07. The van der Waals surface area contributed by atoms with Crippen LogP contribution in [0.25, 0.3) is 11.3 Å². The molecule has 4 atom stereocenters. The topological polar surface area (TPSA) is 94.6 Å². The van der Waals surface area contributed by atoms with Crippen LogP contribution in [0, 0.1) is 0 Å². The van der Waals surface area contributed by atoms with E-state index in [-0.39, 0.29) is 24.9 Å². The molecule has 3 aromatic rings. The minimum atomic E-state index is -0.512. The number of anilines is 2. The zero-order chi connectivity index (χ0) is 20.3. The van der Waals surface area contributed by atoms with Gasteiger partial charge in [-0.2, -0.15) is 11.3 Å². The molecule has 0 bridgehead atoms. The van der Waals surface area contributed by atoms with E-state index >= 15 is 0 Å². The molecule has 2 aromatic heterocycles. The maximum absolute atomic E-state index is 12.1. The van der Waals surface area contributed by atoms with Gasteiger partial charge in [-0.15, -0.1) is 0 Å². The van der Waals surface area contributed by atoms with Crippen molar-refractivity contribution in [1.82, 2.24) is 9.97 Å². The predicted molar refractivity (Wildman–Crippen MR) is 113 cm³/mol. The summed E-state index contributed by atoms with van der Waals surface area (Å²) in [5.74, 6) is 0.508. The average Bonchev–Trinajstić information content (AvgIpc) is 3.50. The maximum atomic E-state index is 12.1. The molecule has 0 unspecified atom stereocenters. The van der Waals surface area contributed by atoms with Gasteiger partial charge in [-0.3, -0.25) is 5.32 Å². The van der Waals surface area contributed by atoms with Gasteiger partial charge >= 0.3 is 6.09 Å². The van der Waals surface area contributed by atoms with Crippen LogP contribution in [0.15, 0.2) is 59.4 Å². The number of hydrogen-bond donors (Lipinski definition) is 2. The summed E-state index contributed by atoms with van der Waals surface area (Å²) in [6.45, 7) is 0.704. The number of thiophene rings is 1. The Kier molecular flexibility index (Phi) is 5.31. The fraction of sp³-hybridized carbons (Fsp3) is 0.286. The van der Waals surface area contributed by atoms with Gasteiger partial charge in [0.1, 0.15) is 12.2 Å². The Labute approximate surface area is 177 Å². The molecular formula is C21H20N4O4S. The van der Waals surface area contributed by atoms with Gasteiger partial charge in [-0.05, 0) is 17.5 Å². The fourth-order valence-corrected chi connectivity index (χ4v) is 4.26. The number of carbonyl (C=O) groups excluding carboxylic acids is 1. The number of benzene rings is 1. The van der Waals surface area contributed by atoms with E-state index in [1.54, 1.807) is 6.20 Å². The van der Waals surface area contributed by atoms with Crippen LogP contribution in [0.5, 0.6) is 0 Å². The lowest BCUT2D eigenvalue weighted by Gasteiger charge is -2.18. The van der Waals surface area contributed by atoms with Crippen molar-refractivity contribution in [2.45, 2.75) is 24.4 Å². The average molecular weight is 424 g/mol. The van der Waals surface area contributed by atoms with E-state index in [2.05, 4.69) is 20.6 Å². The van der Waals surface area contributed by atoms with Crippen LogP contribution in [0.2, 0.25) is 0 Å². The quantitative estimate of drug-likeness (QED) is 0.648. The Balaban J connectivity index is 1.21. The van der Waals surface area contributed by atoms with Gasteiger partial charge in [0.15, 0.2) is 6.10 Å². The van der Waals surface area contributed by atoms with Gasteiger partial charge in [0.2, 0.25) is 5.95 Å². The van der Waals surface area contributed by atoms with E-state index in [1.807, 2.05) is 53.2 Å². The number of rotatable bonds is 5. The standard InChI is InChI=1S/C21H20N4O4S/c26-21(23-14-7-9-30-12-14)29-17-11-28-18-16(10-27-19(17)18)25-20-22-8-6-15(24-20)13-4-2-1-3-5-13/h1-9,12,16-19H,10-11H2,(H,23,26)(H,22,24,25)/t16-,17-,18-,19+/m1/s1. The van der Waals surface area contributed by atoms with Crippen LogP contribution < -0.4 is 10.6 Å². The van der Waals surface area contributed by atoms with Crippen molar-refractivity contribution in [2.75, 3.05) is 23.8 Å². The first-order valence-corrected chi connectivity index (χ1v) is 10.6. The second-order valence-electron chi connectivity index (χ2n) is 7.06. The highest BCUT2D eigenvalue weighted by atomic mass is 32.1. The third kappa shape index (κ3) is 4.00. The van der Waals surface area contributed by atoms with Crippen molar-refractivity contribution in [3.63, 3.8) is 0 Å². The molecule has 8 nitrogen and oxygen atoms in total. The third-order valence-corrected chi connectivity index (χ3v) is 5.76. The first kappa shape index (κ1) is 19.0. The number of ether oxygens (including phenoxy) is 3. The Morgan fingerprint density at radius 2 is 1.97 bits per heavy atom. The highest BCUT2D eigenvalue weighted by molar-refractivity contribution is 7.08. The molecule has 154 valence electrons. The van der Waals surface area contributed by atoms with Gasteiger partial charge in [-0.25, -0.2) is 14.8 Å². The minimum absolute atomic E-state index is 0.130. The molecule has 2 fully saturated rings. The summed E-state index contributed by atoms with van der Waals surface area (Å²) in [5, 5.41) is 9.73. The van der Waals surface area contributed by atoms with Crippen LogP contribution in [0.3, 0.4) is 0 Å². The Bertz CT molecular complexity index is 1000. The van der Waals surface area contributed by atoms with E-state index in [4.69, 9.17) is 14.2 Å². The molecule has 2 aliphatic rings. The first-order valence-electron chi connectivity index (χ1n) is 9.64. The summed E-state index contributed by atoms with van der Waals surface area (Å²) < 4.78 is 17.3. The summed E-state index contributed by atoms with van der Waals surface area (Å²) >= 11 is 1.50. The van der Waals surface area contributed by atoms with Crippen LogP contribution >= 0.6 is 11.3 Å². The number of hydrogen-bond acceptors (Lipinski definition) is 8. The lowest BCUT2D eigenvalue weighted by molar-refractivity contribution is 0.00917. The summed E-state index contributed by atoms with van der Waals surface area (Å²) in [6.07, 6.45) is 0.181. The molecule has 0 aliphatic carbocycles. The Morgan fingerprint density at radius 3 is 2.80 bits per heavy atom. The van der Waals surface area contributed by atoms with Crippen molar-refractivity contribution in [3.05, 3.63) is 59.4 Å². The van der Waals surface area contributed by atoms with E-state index in [0.29, 0.717) is 18.2 Å². The molecule has 2 saturated heterocycles. The van der Waals surface area contributed by atoms with Gasteiger partial charge < -0.3 is 19.5 Å². The van der Waals surface area contributed by atoms with Crippen LogP contribution in [-0.2, 0) is 14.2 Å². The molecule has 1 amide bonds. The molecule has 0 radical (unpaired) electrons. The van der Waals surface area contributed by atoms with Gasteiger partial charge in [-0.1, -0.05) is 30.3 Å². The molecule has 0 spiro atoms. The molecule has 1 aromatic carbocycles. The molecule has 30 heavy (non-hydrogen) atoms. The number of nitrogens with zero attached hydrogens (tertiary/aromatic N) is 2. The van der Waals surface area contributed by atoms with E-state index in [1.165, 1.54) is 11.3 Å². The summed E-state index contributed by atoms with van der Waals surface area (Å²) in [7, 11) is 0. The molecule has 0 saturated carbocycles. The van der Waals surface area contributed by atoms with Gasteiger partial charge in [0, 0.05) is 17.1 Å². The molecule has 4 heterocycles. The van der Waals surface area contributed by atoms with Crippen molar-refractivity contribution < 1.29 is 19.0 Å². The van der Waals surface area contributed by atoms with Crippen molar-refractivity contribution in [2.24, 2.45) is 0 Å². The molecule has 5 rings (SSSR count). The monoisotopic (exact) mass is 424 g/mol. The fourth-order valence-electron chi connectivity index (χ4n) is 3.67. The van der Waals surface area contributed by atoms with Crippen molar-refractivity contribution >= 4 is 29.1 Å². The maximum Gasteiger partial charge on any atom is 0.412 e. The molecule has 9 heteroatoms. The van der Waals surface area contributed by atoms with E-state index in [9.17, 15) is 4.79 Å². The zero-order valence-corrected chi connectivity index (χ0v) is 16.7. The summed E-state index contributed by atoms with van der Waals surface area (Å²) in [6, 6.07) is 13.5. The molecular weight excluding hydrogens is 404 g/mol. The highest BCUT2D eigenvalue weighted by Gasteiger charge is 2.49. The van der Waals surface area contributed by atoms with Crippen molar-refractivity contribution in [1.29, 1.82) is 0 Å². The molecule has 2 aliphatic heterocycles. The van der Waals surface area contributed by atoms with Crippen LogP contribution in [0.4, 0.5) is 16.4 Å². The number of aromatic nitrogens is 2. The second-order valence-corrected chi connectivity index (χ2v) is 7.84. The second kappa shape index (κ2) is 8.39. The number of fused-ring (bicyclic) bond motifs is 1. The van der Waals surface area contributed by atoms with Crippen LogP contribution in [0.1, 0.15) is 0 Å². The SMILES string of the molecule is O=C(Nc1ccsc1)O[C@@H]1CO[C@H]2[C@H]1OC[C@H]2Nc1nccc(-c2ccccc2)n1. The predicted octanol–water partition coefficient (Wildman–Crippen LogP) is 3.40. The van der Waals surface area contributed by atoms with E-state index in [0.717, 1.165) is 11.3 Å². The summed E-state index contributed by atoms with van der Waals surface area (Å²) in [5.41, 5.74) is 2.57. The first-order chi connectivity index (χ1) is 14.8. The summed E-state index contributed by atoms with van der Waals surface area (Å²) in [4.78, 5) is 21.1. The van der Waals surface area contributed by atoms with Crippen LogP contribution in [-0.4, -0.2) is 53.6 Å². The number of nitrogens with one attached hydrogen (secondary N) is 2.